The maximum absolute atomic E-state index is 13.5. The van der Waals surface area contributed by atoms with Crippen molar-refractivity contribution in [3.8, 4) is 11.1 Å². The Morgan fingerprint density at radius 3 is 2.68 bits per heavy atom. The molecular formula is C24H32FN3OS2. The van der Waals surface area contributed by atoms with Crippen LogP contribution in [0.5, 0.6) is 0 Å². The number of benzene rings is 2. The number of hydrogen-bond acceptors (Lipinski definition) is 5. The Morgan fingerprint density at radius 2 is 2.03 bits per heavy atom. The summed E-state index contributed by atoms with van der Waals surface area (Å²) in [4.78, 5) is 15.3. The van der Waals surface area contributed by atoms with Gasteiger partial charge in [-0.15, -0.1) is 0 Å². The number of amides is 1. The van der Waals surface area contributed by atoms with Gasteiger partial charge in [-0.1, -0.05) is 12.1 Å². The minimum Gasteiger partial charge on any atom is -0.383 e. The van der Waals surface area contributed by atoms with E-state index in [4.69, 9.17) is 0 Å². The van der Waals surface area contributed by atoms with Gasteiger partial charge in [-0.3, -0.25) is 4.79 Å². The second-order valence-electron chi connectivity index (χ2n) is 8.29. The molecule has 1 heterocycles. The van der Waals surface area contributed by atoms with Crippen LogP contribution in [0.4, 0.5) is 10.1 Å². The molecule has 2 N–H and O–H groups in total. The van der Waals surface area contributed by atoms with E-state index >= 15 is 0 Å². The molecule has 0 spiro atoms. The van der Waals surface area contributed by atoms with Crippen LogP contribution in [0.15, 0.2) is 42.5 Å². The number of likely N-dealkylation sites (tertiary alicyclic amines) is 1. The normalized spacial score (nSPS) is 19.9. The van der Waals surface area contributed by atoms with E-state index in [-0.39, 0.29) is 17.8 Å². The first kappa shape index (κ1) is 24.0. The summed E-state index contributed by atoms with van der Waals surface area (Å²) in [7, 11) is 2.12. The Labute approximate surface area is 194 Å². The lowest BCUT2D eigenvalue weighted by Crippen LogP contribution is -2.33. The number of likely N-dealkylation sites (N-methyl/N-ethyl adjacent to an activating group) is 1. The van der Waals surface area contributed by atoms with Crippen molar-refractivity contribution in [2.24, 2.45) is 0 Å². The fourth-order valence-electron chi connectivity index (χ4n) is 3.91. The largest absolute Gasteiger partial charge is 0.383 e. The molecule has 1 aliphatic rings. The first-order chi connectivity index (χ1) is 14.9. The van der Waals surface area contributed by atoms with E-state index in [1.165, 1.54) is 12.1 Å². The molecule has 3 rings (SSSR count). The highest BCUT2D eigenvalue weighted by atomic mass is 32.2. The molecule has 1 saturated heterocycles. The van der Waals surface area contributed by atoms with E-state index in [1.54, 1.807) is 23.9 Å². The summed E-state index contributed by atoms with van der Waals surface area (Å²) in [6, 6.07) is 12.6. The maximum Gasteiger partial charge on any atom is 0.252 e. The molecule has 1 fully saturated rings. The predicted molar refractivity (Wildman–Crippen MR) is 134 cm³/mol. The molecule has 4 nitrogen and oxygen atoms in total. The Bertz CT molecular complexity index is 878. The zero-order valence-corrected chi connectivity index (χ0v) is 20.1. The summed E-state index contributed by atoms with van der Waals surface area (Å²) >= 11 is 6.37. The van der Waals surface area contributed by atoms with Crippen LogP contribution >= 0.6 is 24.4 Å². The van der Waals surface area contributed by atoms with Gasteiger partial charge in [0.1, 0.15) is 5.82 Å². The van der Waals surface area contributed by atoms with E-state index in [9.17, 15) is 9.18 Å². The molecule has 0 unspecified atom stereocenters. The number of thioether (sulfide) groups is 1. The number of nitrogens with one attached hydrogen (secondary N) is 2. The van der Waals surface area contributed by atoms with Crippen LogP contribution in [-0.4, -0.2) is 60.3 Å². The number of carbonyl (C=O) groups is 1. The van der Waals surface area contributed by atoms with E-state index in [0.29, 0.717) is 16.9 Å². The van der Waals surface area contributed by atoms with Gasteiger partial charge in [-0.05, 0) is 80.3 Å². The van der Waals surface area contributed by atoms with Crippen LogP contribution in [-0.2, 0) is 0 Å². The summed E-state index contributed by atoms with van der Waals surface area (Å²) in [6.07, 6.45) is 4.03. The lowest BCUT2D eigenvalue weighted by Gasteiger charge is -2.21. The second-order valence-corrected chi connectivity index (χ2v) is 10.0. The van der Waals surface area contributed by atoms with Crippen molar-refractivity contribution in [3.63, 3.8) is 0 Å². The van der Waals surface area contributed by atoms with Crippen molar-refractivity contribution >= 4 is 36.0 Å². The fraction of sp³-hybridized carbons (Fsp3) is 0.458. The van der Waals surface area contributed by atoms with Crippen molar-refractivity contribution in [3.05, 3.63) is 53.8 Å². The van der Waals surface area contributed by atoms with Gasteiger partial charge in [0.15, 0.2) is 0 Å². The minimum atomic E-state index is -0.291. The third-order valence-electron chi connectivity index (χ3n) is 5.76. The van der Waals surface area contributed by atoms with Crippen molar-refractivity contribution in [2.75, 3.05) is 37.5 Å². The first-order valence-corrected chi connectivity index (χ1v) is 12.6. The first-order valence-electron chi connectivity index (χ1n) is 10.7. The van der Waals surface area contributed by atoms with Gasteiger partial charge in [-0.25, -0.2) is 4.39 Å². The Kier molecular flexibility index (Phi) is 8.69. The Morgan fingerprint density at radius 1 is 1.29 bits per heavy atom. The van der Waals surface area contributed by atoms with E-state index in [2.05, 4.69) is 41.5 Å². The number of thiol groups is 1. The third kappa shape index (κ3) is 6.64. The molecule has 1 aliphatic heterocycles. The second kappa shape index (κ2) is 11.2. The highest BCUT2D eigenvalue weighted by Gasteiger charge is 2.27. The number of nitrogens with zero attached hydrogens (tertiary/aromatic N) is 1. The van der Waals surface area contributed by atoms with Crippen molar-refractivity contribution < 1.29 is 9.18 Å². The molecule has 2 aromatic rings. The van der Waals surface area contributed by atoms with E-state index in [1.807, 2.05) is 25.1 Å². The Hall–Kier alpha value is -1.70. The van der Waals surface area contributed by atoms with Gasteiger partial charge in [0.2, 0.25) is 0 Å². The molecule has 7 heteroatoms. The van der Waals surface area contributed by atoms with Crippen LogP contribution in [0.25, 0.3) is 11.1 Å². The number of rotatable bonds is 9. The van der Waals surface area contributed by atoms with E-state index < -0.39 is 0 Å². The molecule has 0 aliphatic carbocycles. The third-order valence-corrected chi connectivity index (χ3v) is 6.78. The maximum atomic E-state index is 13.5. The van der Waals surface area contributed by atoms with Gasteiger partial charge in [0.05, 0.1) is 0 Å². The predicted octanol–water partition coefficient (Wildman–Crippen LogP) is 4.78. The molecule has 168 valence electrons. The molecule has 0 bridgehead atoms. The van der Waals surface area contributed by atoms with Crippen LogP contribution in [0, 0.1) is 5.82 Å². The van der Waals surface area contributed by atoms with Gasteiger partial charge >= 0.3 is 0 Å². The summed E-state index contributed by atoms with van der Waals surface area (Å²) in [5.41, 5.74) is 3.16. The average molecular weight is 462 g/mol. The summed E-state index contributed by atoms with van der Waals surface area (Å²) < 4.78 is 13.5. The molecule has 31 heavy (non-hydrogen) atoms. The molecule has 2 aromatic carbocycles. The number of carbonyl (C=O) groups excluding carboxylic acids is 1. The topological polar surface area (TPSA) is 44.4 Å². The average Bonchev–Trinajstić information content (AvgIpc) is 3.08. The number of halogens is 1. The van der Waals surface area contributed by atoms with Gasteiger partial charge < -0.3 is 15.5 Å². The molecular weight excluding hydrogens is 429 g/mol. The molecule has 3 atom stereocenters. The standard InChI is InChI=1S/C24H32FN3OS2/c1-16(10-11-31-3)27-24(29)22-9-8-19(26-14-20-13-21(30)15-28(20)2)12-23(22)17-4-6-18(25)7-5-17/h4-9,12,16,20-21,26,30H,10-11,13-15H2,1-3H3,(H,27,29)/t16-,20+,21+/m1/s1. The number of hydrogen-bond donors (Lipinski definition) is 3. The Balaban J connectivity index is 1.81. The number of anilines is 1. The van der Waals surface area contributed by atoms with Crippen LogP contribution in [0.1, 0.15) is 30.1 Å². The molecule has 0 radical (unpaired) electrons. The quantitative estimate of drug-likeness (QED) is 0.471. The monoisotopic (exact) mass is 461 g/mol. The highest BCUT2D eigenvalue weighted by Crippen LogP contribution is 2.28. The molecule has 0 aromatic heterocycles. The smallest absolute Gasteiger partial charge is 0.252 e. The van der Waals surface area contributed by atoms with Gasteiger partial charge in [-0.2, -0.15) is 24.4 Å². The molecule has 0 saturated carbocycles. The van der Waals surface area contributed by atoms with Crippen LogP contribution < -0.4 is 10.6 Å². The minimum absolute atomic E-state index is 0.0888. The zero-order valence-electron chi connectivity index (χ0n) is 18.4. The van der Waals surface area contributed by atoms with Gasteiger partial charge in [0, 0.05) is 41.7 Å². The van der Waals surface area contributed by atoms with Gasteiger partial charge in [0.25, 0.3) is 5.91 Å². The lowest BCUT2D eigenvalue weighted by atomic mass is 9.98. The molecule has 1 amide bonds. The highest BCUT2D eigenvalue weighted by molar-refractivity contribution is 7.98. The fourth-order valence-corrected chi connectivity index (χ4v) is 5.00. The summed E-state index contributed by atoms with van der Waals surface area (Å²) in [6.45, 7) is 3.83. The van der Waals surface area contributed by atoms with Crippen LogP contribution in [0.3, 0.4) is 0 Å². The van der Waals surface area contributed by atoms with Crippen LogP contribution in [0.2, 0.25) is 0 Å². The lowest BCUT2D eigenvalue weighted by molar-refractivity contribution is 0.0940. The SMILES string of the molecule is CSCC[C@@H](C)NC(=O)c1ccc(NC[C@@H]2C[C@H](S)CN2C)cc1-c1ccc(F)cc1. The van der Waals surface area contributed by atoms with E-state index in [0.717, 1.165) is 48.5 Å². The summed E-state index contributed by atoms with van der Waals surface area (Å²) in [5, 5.41) is 7.02. The van der Waals surface area contributed by atoms with Crippen molar-refractivity contribution in [2.45, 2.75) is 37.1 Å². The van der Waals surface area contributed by atoms with Crippen molar-refractivity contribution in [1.29, 1.82) is 0 Å². The zero-order chi connectivity index (χ0) is 22.4. The van der Waals surface area contributed by atoms with Crippen molar-refractivity contribution in [1.82, 2.24) is 10.2 Å². The summed E-state index contributed by atoms with van der Waals surface area (Å²) in [5.74, 6) is 0.603.